The molecule has 0 amide bonds. The number of aromatic nitrogens is 3. The number of aliphatic carboxylic acids is 1. The lowest BCUT2D eigenvalue weighted by atomic mass is 10.3. The van der Waals surface area contributed by atoms with Gasteiger partial charge in [0.05, 0.1) is 18.0 Å². The molecule has 0 aliphatic carbocycles. The number of carboxylic acids is 1. The minimum Gasteiger partial charge on any atom is -0.480 e. The number of carbonyl (C=O) groups is 1. The molecule has 0 saturated carbocycles. The number of rotatable bonds is 5. The summed E-state index contributed by atoms with van der Waals surface area (Å²) in [7, 11) is 1.43. The van der Waals surface area contributed by atoms with E-state index < -0.39 is 12.0 Å². The zero-order chi connectivity index (χ0) is 12.1. The van der Waals surface area contributed by atoms with Crippen LogP contribution in [0.15, 0.2) is 0 Å². The van der Waals surface area contributed by atoms with Crippen molar-refractivity contribution in [3.63, 3.8) is 0 Å². The summed E-state index contributed by atoms with van der Waals surface area (Å²) in [5.41, 5.74) is 1.42. The molecule has 0 saturated heterocycles. The fraction of sp³-hybridized carbons (Fsp3) is 0.556. The Morgan fingerprint density at radius 2 is 2.12 bits per heavy atom. The van der Waals surface area contributed by atoms with Crippen molar-refractivity contribution in [2.24, 2.45) is 0 Å². The van der Waals surface area contributed by atoms with E-state index in [9.17, 15) is 4.79 Å². The molecule has 7 heteroatoms. The summed E-state index contributed by atoms with van der Waals surface area (Å²) in [5, 5.41) is 19.1. The number of nitrogens with zero attached hydrogens (tertiary/aromatic N) is 3. The summed E-state index contributed by atoms with van der Waals surface area (Å²) in [4.78, 5) is 14.9. The molecule has 1 heterocycles. The first kappa shape index (κ1) is 12.3. The van der Waals surface area contributed by atoms with Crippen molar-refractivity contribution in [3.05, 3.63) is 11.4 Å². The van der Waals surface area contributed by atoms with Crippen molar-refractivity contribution < 1.29 is 14.6 Å². The van der Waals surface area contributed by atoms with Crippen LogP contribution in [-0.2, 0) is 9.53 Å². The van der Waals surface area contributed by atoms with Crippen molar-refractivity contribution in [3.8, 4) is 0 Å². The SMILES string of the molecule is COCC(Nc1nnc(C)c(C)n1)C(=O)O. The van der Waals surface area contributed by atoms with Gasteiger partial charge in [0, 0.05) is 7.11 Å². The van der Waals surface area contributed by atoms with Gasteiger partial charge in [-0.2, -0.15) is 5.10 Å². The number of nitrogens with one attached hydrogen (secondary N) is 1. The average molecular weight is 226 g/mol. The highest BCUT2D eigenvalue weighted by Crippen LogP contribution is 2.04. The second kappa shape index (κ2) is 5.36. The van der Waals surface area contributed by atoms with Gasteiger partial charge in [-0.3, -0.25) is 0 Å². The molecule has 16 heavy (non-hydrogen) atoms. The molecule has 0 aromatic carbocycles. The molecule has 0 fully saturated rings. The van der Waals surface area contributed by atoms with Crippen LogP contribution in [0.2, 0.25) is 0 Å². The minimum atomic E-state index is -1.02. The van der Waals surface area contributed by atoms with Crippen LogP contribution in [0.25, 0.3) is 0 Å². The largest absolute Gasteiger partial charge is 0.480 e. The number of hydrogen-bond acceptors (Lipinski definition) is 6. The quantitative estimate of drug-likeness (QED) is 0.729. The molecule has 0 aliphatic heterocycles. The van der Waals surface area contributed by atoms with E-state index in [1.165, 1.54) is 7.11 Å². The highest BCUT2D eigenvalue weighted by atomic mass is 16.5. The van der Waals surface area contributed by atoms with Crippen molar-refractivity contribution >= 4 is 11.9 Å². The van der Waals surface area contributed by atoms with E-state index in [4.69, 9.17) is 9.84 Å². The average Bonchev–Trinajstić information content (AvgIpc) is 2.22. The topological polar surface area (TPSA) is 97.2 Å². The molecule has 1 aromatic rings. The summed E-state index contributed by atoms with van der Waals surface area (Å²) in [6.45, 7) is 3.59. The van der Waals surface area contributed by atoms with E-state index in [0.29, 0.717) is 11.4 Å². The Morgan fingerprint density at radius 3 is 2.62 bits per heavy atom. The summed E-state index contributed by atoms with van der Waals surface area (Å²) in [6.07, 6.45) is 0. The lowest BCUT2D eigenvalue weighted by molar-refractivity contribution is -0.139. The molecule has 88 valence electrons. The van der Waals surface area contributed by atoms with Crippen molar-refractivity contribution in [2.75, 3.05) is 19.0 Å². The number of aryl methyl sites for hydroxylation is 2. The standard InChI is InChI=1S/C9H14N4O3/c1-5-6(2)12-13-9(10-5)11-7(4-16-3)8(14)15/h7H,4H2,1-3H3,(H,14,15)(H,10,11,13). The highest BCUT2D eigenvalue weighted by molar-refractivity contribution is 5.76. The second-order valence-electron chi connectivity index (χ2n) is 3.30. The van der Waals surface area contributed by atoms with Gasteiger partial charge < -0.3 is 15.2 Å². The predicted octanol–water partition coefficient (Wildman–Crippen LogP) is -0.0000600. The summed E-state index contributed by atoms with van der Waals surface area (Å²) in [5.74, 6) is -0.837. The Morgan fingerprint density at radius 1 is 1.44 bits per heavy atom. The lowest BCUT2D eigenvalue weighted by Gasteiger charge is -2.13. The first-order valence-corrected chi connectivity index (χ1v) is 4.70. The third kappa shape index (κ3) is 3.13. The molecule has 0 bridgehead atoms. The molecule has 2 N–H and O–H groups in total. The maximum absolute atomic E-state index is 10.8. The predicted molar refractivity (Wildman–Crippen MR) is 56.2 cm³/mol. The van der Waals surface area contributed by atoms with Gasteiger partial charge in [0.15, 0.2) is 6.04 Å². The van der Waals surface area contributed by atoms with Gasteiger partial charge in [0.25, 0.3) is 0 Å². The first-order chi connectivity index (χ1) is 7.54. The van der Waals surface area contributed by atoms with Crippen LogP contribution in [-0.4, -0.2) is 46.0 Å². The van der Waals surface area contributed by atoms with Gasteiger partial charge >= 0.3 is 5.97 Å². The molecule has 0 radical (unpaired) electrons. The summed E-state index contributed by atoms with van der Waals surface area (Å²) >= 11 is 0. The number of carboxylic acid groups (broad SMARTS) is 1. The normalized spacial score (nSPS) is 12.2. The first-order valence-electron chi connectivity index (χ1n) is 4.70. The number of ether oxygens (including phenoxy) is 1. The molecule has 1 atom stereocenters. The second-order valence-corrected chi connectivity index (χ2v) is 3.30. The number of hydrogen-bond donors (Lipinski definition) is 2. The lowest BCUT2D eigenvalue weighted by Crippen LogP contribution is -2.34. The molecule has 1 aromatic heterocycles. The van der Waals surface area contributed by atoms with Crippen LogP contribution >= 0.6 is 0 Å². The van der Waals surface area contributed by atoms with Crippen molar-refractivity contribution in [1.82, 2.24) is 15.2 Å². The van der Waals surface area contributed by atoms with Crippen LogP contribution in [0.1, 0.15) is 11.4 Å². The zero-order valence-corrected chi connectivity index (χ0v) is 9.39. The third-order valence-corrected chi connectivity index (χ3v) is 2.03. The third-order valence-electron chi connectivity index (χ3n) is 2.03. The number of anilines is 1. The fourth-order valence-electron chi connectivity index (χ4n) is 1.02. The fourth-order valence-corrected chi connectivity index (χ4v) is 1.02. The smallest absolute Gasteiger partial charge is 0.328 e. The van der Waals surface area contributed by atoms with E-state index in [2.05, 4.69) is 20.5 Å². The molecule has 0 aliphatic rings. The van der Waals surface area contributed by atoms with E-state index in [-0.39, 0.29) is 12.6 Å². The van der Waals surface area contributed by atoms with Gasteiger partial charge in [-0.1, -0.05) is 0 Å². The molecule has 1 rings (SSSR count). The van der Waals surface area contributed by atoms with E-state index in [0.717, 1.165) is 0 Å². The Kier molecular flexibility index (Phi) is 4.12. The molecule has 7 nitrogen and oxygen atoms in total. The van der Waals surface area contributed by atoms with E-state index in [1.807, 2.05) is 0 Å². The van der Waals surface area contributed by atoms with Crippen LogP contribution in [0.4, 0.5) is 5.95 Å². The summed E-state index contributed by atoms with van der Waals surface area (Å²) in [6, 6.07) is -0.881. The Bertz CT molecular complexity index is 383. The van der Waals surface area contributed by atoms with Gasteiger partial charge in [0.1, 0.15) is 0 Å². The van der Waals surface area contributed by atoms with Gasteiger partial charge in [-0.15, -0.1) is 5.10 Å². The van der Waals surface area contributed by atoms with Crippen molar-refractivity contribution in [1.29, 1.82) is 0 Å². The zero-order valence-electron chi connectivity index (χ0n) is 9.39. The Hall–Kier alpha value is -1.76. The van der Waals surface area contributed by atoms with Gasteiger partial charge in [-0.25, -0.2) is 9.78 Å². The molecule has 0 spiro atoms. The Labute approximate surface area is 92.9 Å². The summed E-state index contributed by atoms with van der Waals surface area (Å²) < 4.78 is 4.77. The van der Waals surface area contributed by atoms with Crippen LogP contribution in [0, 0.1) is 13.8 Å². The minimum absolute atomic E-state index is 0.0334. The maximum atomic E-state index is 10.8. The van der Waals surface area contributed by atoms with Crippen LogP contribution in [0.3, 0.4) is 0 Å². The Balaban J connectivity index is 2.77. The maximum Gasteiger partial charge on any atom is 0.328 e. The van der Waals surface area contributed by atoms with E-state index >= 15 is 0 Å². The van der Waals surface area contributed by atoms with Gasteiger partial charge in [-0.05, 0) is 13.8 Å². The van der Waals surface area contributed by atoms with E-state index in [1.54, 1.807) is 13.8 Å². The van der Waals surface area contributed by atoms with Crippen molar-refractivity contribution in [2.45, 2.75) is 19.9 Å². The molecular weight excluding hydrogens is 212 g/mol. The molecule has 1 unspecified atom stereocenters. The van der Waals surface area contributed by atoms with Crippen LogP contribution < -0.4 is 5.32 Å². The van der Waals surface area contributed by atoms with Crippen LogP contribution in [0.5, 0.6) is 0 Å². The number of methoxy groups -OCH3 is 1. The highest BCUT2D eigenvalue weighted by Gasteiger charge is 2.18. The monoisotopic (exact) mass is 226 g/mol. The molecular formula is C9H14N4O3. The van der Waals surface area contributed by atoms with Gasteiger partial charge in [0.2, 0.25) is 5.95 Å².